The van der Waals surface area contributed by atoms with E-state index in [9.17, 15) is 18.0 Å². The highest BCUT2D eigenvalue weighted by atomic mass is 127. The van der Waals surface area contributed by atoms with Crippen LogP contribution in [0.2, 0.25) is 0 Å². The van der Waals surface area contributed by atoms with E-state index in [1.165, 1.54) is 14.2 Å². The van der Waals surface area contributed by atoms with Crippen molar-refractivity contribution in [2.45, 2.75) is 25.1 Å². The summed E-state index contributed by atoms with van der Waals surface area (Å²) in [6, 6.07) is 8.53. The zero-order chi connectivity index (χ0) is 21.3. The van der Waals surface area contributed by atoms with Gasteiger partial charge >= 0.3 is 12.1 Å². The summed E-state index contributed by atoms with van der Waals surface area (Å²) in [7, 11) is 2.99. The van der Waals surface area contributed by atoms with Crippen LogP contribution in [0.5, 0.6) is 11.5 Å². The molecule has 3 rings (SSSR count). The zero-order valence-electron chi connectivity index (χ0n) is 15.6. The molecule has 1 unspecified atom stereocenters. The van der Waals surface area contributed by atoms with Gasteiger partial charge in [0.25, 0.3) is 0 Å². The van der Waals surface area contributed by atoms with E-state index in [0.717, 1.165) is 23.2 Å². The monoisotopic (exact) mass is 631 g/mol. The lowest BCUT2D eigenvalue weighted by atomic mass is 9.88. The minimum absolute atomic E-state index is 0.00794. The van der Waals surface area contributed by atoms with Gasteiger partial charge in [-0.15, -0.1) is 0 Å². The number of hydrogen-bond donors (Lipinski definition) is 0. The molecule has 1 heterocycles. The molecule has 29 heavy (non-hydrogen) atoms. The van der Waals surface area contributed by atoms with E-state index in [1.54, 1.807) is 12.1 Å². The summed E-state index contributed by atoms with van der Waals surface area (Å²) in [6.45, 7) is -0.00794. The maximum atomic E-state index is 13.3. The number of alkyl halides is 3. The first kappa shape index (κ1) is 22.4. The largest absolute Gasteiger partial charge is 0.493 e. The number of methoxy groups -OCH3 is 2. The van der Waals surface area contributed by atoms with Gasteiger partial charge in [0.15, 0.2) is 11.5 Å². The second-order valence-corrected chi connectivity index (χ2v) is 9.02. The third-order valence-corrected chi connectivity index (χ3v) is 6.65. The number of carbonyl (C=O) groups is 1. The average Bonchev–Trinajstić information content (AvgIpc) is 2.68. The van der Waals surface area contributed by atoms with Crippen molar-refractivity contribution in [3.8, 4) is 11.5 Å². The Labute approximate surface area is 194 Å². The fourth-order valence-corrected chi connectivity index (χ4v) is 4.67. The Morgan fingerprint density at radius 2 is 1.79 bits per heavy atom. The number of amides is 1. The minimum Gasteiger partial charge on any atom is -0.493 e. The number of ether oxygens (including phenoxy) is 2. The number of nitrogens with zero attached hydrogens (tertiary/aromatic N) is 1. The SMILES string of the molecule is COc1cc2c(cc1OC)C(Cc1cc(I)ccc1I)N(C(=O)C(F)(F)F)CC2. The van der Waals surface area contributed by atoms with Crippen LogP contribution in [0.3, 0.4) is 0 Å². The van der Waals surface area contributed by atoms with E-state index < -0.39 is 18.1 Å². The normalized spacial score (nSPS) is 16.4. The van der Waals surface area contributed by atoms with Gasteiger partial charge in [-0.2, -0.15) is 13.2 Å². The molecule has 0 aromatic heterocycles. The van der Waals surface area contributed by atoms with Crippen molar-refractivity contribution >= 4 is 51.1 Å². The fourth-order valence-electron chi connectivity index (χ4n) is 3.56. The Hall–Kier alpha value is -1.24. The van der Waals surface area contributed by atoms with Gasteiger partial charge in [-0.3, -0.25) is 4.79 Å². The number of fused-ring (bicyclic) bond motifs is 1. The first-order chi connectivity index (χ1) is 13.7. The van der Waals surface area contributed by atoms with Crippen molar-refractivity contribution in [2.75, 3.05) is 20.8 Å². The first-order valence-electron chi connectivity index (χ1n) is 8.72. The first-order valence-corrected chi connectivity index (χ1v) is 10.9. The Morgan fingerprint density at radius 3 is 2.41 bits per heavy atom. The number of carbonyl (C=O) groups excluding carboxylic acids is 1. The van der Waals surface area contributed by atoms with E-state index in [1.807, 2.05) is 18.2 Å². The van der Waals surface area contributed by atoms with Crippen molar-refractivity contribution in [3.05, 3.63) is 54.2 Å². The quantitative estimate of drug-likeness (QED) is 0.439. The Morgan fingerprint density at radius 1 is 1.14 bits per heavy atom. The van der Waals surface area contributed by atoms with Gasteiger partial charge in [0.05, 0.1) is 20.3 Å². The molecule has 156 valence electrons. The third-order valence-electron chi connectivity index (χ3n) is 4.93. The topological polar surface area (TPSA) is 38.8 Å². The highest BCUT2D eigenvalue weighted by Crippen LogP contribution is 2.41. The fraction of sp³-hybridized carbons (Fsp3) is 0.350. The van der Waals surface area contributed by atoms with Crippen LogP contribution in [0.25, 0.3) is 0 Å². The minimum atomic E-state index is -4.93. The second kappa shape index (κ2) is 8.86. The second-order valence-electron chi connectivity index (χ2n) is 6.61. The molecule has 9 heteroatoms. The zero-order valence-corrected chi connectivity index (χ0v) is 20.0. The number of benzene rings is 2. The number of hydrogen-bond acceptors (Lipinski definition) is 3. The maximum absolute atomic E-state index is 13.3. The molecule has 0 aliphatic carbocycles. The van der Waals surface area contributed by atoms with Crippen LogP contribution < -0.4 is 9.47 Å². The maximum Gasteiger partial charge on any atom is 0.471 e. The molecule has 0 saturated heterocycles. The van der Waals surface area contributed by atoms with Gasteiger partial charge < -0.3 is 14.4 Å². The highest BCUT2D eigenvalue weighted by molar-refractivity contribution is 14.1. The van der Waals surface area contributed by atoms with Gasteiger partial charge in [0.1, 0.15) is 0 Å². The summed E-state index contributed by atoms with van der Waals surface area (Å²) < 4.78 is 52.5. The van der Waals surface area contributed by atoms with Gasteiger partial charge in [-0.1, -0.05) is 0 Å². The van der Waals surface area contributed by atoms with E-state index in [4.69, 9.17) is 9.47 Å². The molecule has 2 aromatic rings. The van der Waals surface area contributed by atoms with Crippen molar-refractivity contribution in [1.29, 1.82) is 0 Å². The van der Waals surface area contributed by atoms with Crippen LogP contribution in [0.15, 0.2) is 30.3 Å². The summed E-state index contributed by atoms with van der Waals surface area (Å²) in [5, 5.41) is 0. The summed E-state index contributed by atoms with van der Waals surface area (Å²) in [5.74, 6) is -0.872. The van der Waals surface area contributed by atoms with Crippen LogP contribution in [0, 0.1) is 7.14 Å². The van der Waals surface area contributed by atoms with Gasteiger partial charge in [-0.05, 0) is 105 Å². The van der Waals surface area contributed by atoms with Crippen molar-refractivity contribution in [1.82, 2.24) is 4.90 Å². The van der Waals surface area contributed by atoms with E-state index in [-0.39, 0.29) is 13.0 Å². The van der Waals surface area contributed by atoms with Crippen molar-refractivity contribution in [3.63, 3.8) is 0 Å². The molecule has 0 saturated carbocycles. The molecule has 0 spiro atoms. The summed E-state index contributed by atoms with van der Waals surface area (Å²) in [4.78, 5) is 13.1. The highest BCUT2D eigenvalue weighted by Gasteiger charge is 2.46. The lowest BCUT2D eigenvalue weighted by molar-refractivity contribution is -0.188. The van der Waals surface area contributed by atoms with Crippen molar-refractivity contribution in [2.24, 2.45) is 0 Å². The van der Waals surface area contributed by atoms with Gasteiger partial charge in [-0.25, -0.2) is 0 Å². The van der Waals surface area contributed by atoms with Crippen LogP contribution in [0.4, 0.5) is 13.2 Å². The van der Waals surface area contributed by atoms with Crippen LogP contribution in [-0.2, 0) is 17.6 Å². The number of rotatable bonds is 4. The van der Waals surface area contributed by atoms with E-state index >= 15 is 0 Å². The Kier molecular flexibility index (Phi) is 6.86. The van der Waals surface area contributed by atoms with Crippen molar-refractivity contribution < 1.29 is 27.4 Å². The molecule has 1 atom stereocenters. The smallest absolute Gasteiger partial charge is 0.471 e. The Balaban J connectivity index is 2.12. The van der Waals surface area contributed by atoms with Gasteiger partial charge in [0, 0.05) is 13.7 Å². The molecule has 0 fully saturated rings. The molecule has 1 amide bonds. The van der Waals surface area contributed by atoms with E-state index in [2.05, 4.69) is 45.2 Å². The molecule has 4 nitrogen and oxygen atoms in total. The van der Waals surface area contributed by atoms with Crippen LogP contribution >= 0.6 is 45.2 Å². The number of halogens is 5. The van der Waals surface area contributed by atoms with E-state index in [0.29, 0.717) is 23.5 Å². The average molecular weight is 631 g/mol. The predicted molar refractivity (Wildman–Crippen MR) is 119 cm³/mol. The van der Waals surface area contributed by atoms with Crippen LogP contribution in [0.1, 0.15) is 22.7 Å². The standard InChI is InChI=1S/C20H18F3I2NO3/c1-28-17-9-11-5-6-26(19(27)20(21,22)23)16(14(11)10-18(17)29-2)8-12-7-13(24)3-4-15(12)25/h3-4,7,9-10,16H,5-6,8H2,1-2H3. The molecule has 2 aromatic carbocycles. The molecule has 1 aliphatic heterocycles. The molecular weight excluding hydrogens is 613 g/mol. The Bertz CT molecular complexity index is 934. The lowest BCUT2D eigenvalue weighted by Gasteiger charge is -2.38. The molecule has 0 radical (unpaired) electrons. The molecular formula is C20H18F3I2NO3. The summed E-state index contributed by atoms with van der Waals surface area (Å²) in [5.41, 5.74) is 2.41. The summed E-state index contributed by atoms with van der Waals surface area (Å²) in [6.07, 6.45) is -4.33. The molecule has 1 aliphatic rings. The predicted octanol–water partition coefficient (Wildman–Crippen LogP) is 5.14. The lowest BCUT2D eigenvalue weighted by Crippen LogP contribution is -2.47. The molecule has 0 bridgehead atoms. The van der Waals surface area contributed by atoms with Crippen LogP contribution in [-0.4, -0.2) is 37.7 Å². The molecule has 0 N–H and O–H groups in total. The van der Waals surface area contributed by atoms with Gasteiger partial charge in [0.2, 0.25) is 0 Å². The third kappa shape index (κ3) is 4.75. The summed E-state index contributed by atoms with van der Waals surface area (Å²) >= 11 is 4.33.